The van der Waals surface area contributed by atoms with E-state index >= 15 is 0 Å². The zero-order valence-electron chi connectivity index (χ0n) is 11.6. The fourth-order valence-corrected chi connectivity index (χ4v) is 2.52. The Bertz CT molecular complexity index is 185. The van der Waals surface area contributed by atoms with Gasteiger partial charge in [-0.2, -0.15) is 0 Å². The molecule has 0 saturated carbocycles. The van der Waals surface area contributed by atoms with Gasteiger partial charge in [-0.05, 0) is 24.7 Å². The van der Waals surface area contributed by atoms with Crippen molar-refractivity contribution in [3.63, 3.8) is 0 Å². The van der Waals surface area contributed by atoms with Gasteiger partial charge < -0.3 is 5.32 Å². The van der Waals surface area contributed by atoms with Gasteiger partial charge in [0.2, 0.25) is 5.91 Å². The first-order valence-corrected chi connectivity index (χ1v) is 6.84. The van der Waals surface area contributed by atoms with E-state index in [1.165, 1.54) is 38.5 Å². The maximum absolute atomic E-state index is 11.1. The molecule has 0 saturated heterocycles. The molecule has 0 rings (SSSR count). The van der Waals surface area contributed by atoms with Crippen LogP contribution in [0.25, 0.3) is 0 Å². The monoisotopic (exact) mass is 227 g/mol. The van der Waals surface area contributed by atoms with Crippen LogP contribution in [0, 0.1) is 5.41 Å². The molecule has 96 valence electrons. The molecule has 2 nitrogen and oxygen atoms in total. The Hall–Kier alpha value is -0.530. The number of amides is 1. The number of nitrogens with one attached hydrogen (secondary N) is 1. The Morgan fingerprint density at radius 3 is 2.12 bits per heavy atom. The minimum Gasteiger partial charge on any atom is -0.359 e. The van der Waals surface area contributed by atoms with Gasteiger partial charge in [-0.1, -0.05) is 46.5 Å². The molecule has 0 fully saturated rings. The lowest BCUT2D eigenvalue weighted by Gasteiger charge is -2.31. The van der Waals surface area contributed by atoms with Crippen LogP contribution < -0.4 is 5.32 Å². The quantitative estimate of drug-likeness (QED) is 0.595. The van der Waals surface area contributed by atoms with Crippen LogP contribution in [-0.2, 0) is 4.79 Å². The smallest absolute Gasteiger partial charge is 0.219 e. The fourth-order valence-electron chi connectivity index (χ4n) is 2.52. The van der Waals surface area contributed by atoms with Gasteiger partial charge in [0.05, 0.1) is 0 Å². The third-order valence-corrected chi connectivity index (χ3v) is 3.92. The number of unbranched alkanes of at least 4 members (excludes halogenated alkanes) is 1. The molecule has 0 bridgehead atoms. The molecule has 1 N–H and O–H groups in total. The summed E-state index contributed by atoms with van der Waals surface area (Å²) in [6, 6.07) is 0. The van der Waals surface area contributed by atoms with Gasteiger partial charge in [0.1, 0.15) is 0 Å². The van der Waals surface area contributed by atoms with E-state index in [0.717, 1.165) is 6.42 Å². The van der Waals surface area contributed by atoms with Gasteiger partial charge in [-0.3, -0.25) is 4.79 Å². The molecule has 0 aromatic rings. The fraction of sp³-hybridized carbons (Fsp3) is 0.929. The van der Waals surface area contributed by atoms with Gasteiger partial charge in [-0.25, -0.2) is 0 Å². The van der Waals surface area contributed by atoms with Crippen molar-refractivity contribution in [2.24, 2.45) is 5.41 Å². The van der Waals surface area contributed by atoms with Crippen LogP contribution in [0.5, 0.6) is 0 Å². The van der Waals surface area contributed by atoms with Gasteiger partial charge >= 0.3 is 0 Å². The number of rotatable bonds is 9. The Labute approximate surface area is 101 Å². The topological polar surface area (TPSA) is 29.1 Å². The highest BCUT2D eigenvalue weighted by Gasteiger charge is 2.24. The van der Waals surface area contributed by atoms with Crippen molar-refractivity contribution in [2.75, 3.05) is 7.05 Å². The molecule has 0 aliphatic rings. The van der Waals surface area contributed by atoms with E-state index in [1.807, 2.05) is 0 Å². The molecule has 0 aromatic carbocycles. The summed E-state index contributed by atoms with van der Waals surface area (Å²) in [5, 5.41) is 2.68. The summed E-state index contributed by atoms with van der Waals surface area (Å²) in [7, 11) is 1.71. The number of hydrogen-bond donors (Lipinski definition) is 1. The largest absolute Gasteiger partial charge is 0.359 e. The Morgan fingerprint density at radius 2 is 1.69 bits per heavy atom. The predicted octanol–water partition coefficient (Wildman–Crippen LogP) is 3.90. The molecule has 0 aromatic heterocycles. The van der Waals surface area contributed by atoms with Crippen molar-refractivity contribution < 1.29 is 4.79 Å². The van der Waals surface area contributed by atoms with E-state index in [-0.39, 0.29) is 5.91 Å². The Kier molecular flexibility index (Phi) is 8.32. The molecular formula is C14H29NO. The summed E-state index contributed by atoms with van der Waals surface area (Å²) >= 11 is 0. The highest BCUT2D eigenvalue weighted by molar-refractivity contribution is 5.75. The van der Waals surface area contributed by atoms with Crippen LogP contribution in [0.1, 0.15) is 72.1 Å². The van der Waals surface area contributed by atoms with Crippen LogP contribution in [0.2, 0.25) is 0 Å². The summed E-state index contributed by atoms with van der Waals surface area (Å²) in [5.74, 6) is 0.175. The average molecular weight is 227 g/mol. The summed E-state index contributed by atoms with van der Waals surface area (Å²) in [4.78, 5) is 11.1. The molecule has 0 unspecified atom stereocenters. The van der Waals surface area contributed by atoms with Gasteiger partial charge in [-0.15, -0.1) is 0 Å². The van der Waals surface area contributed by atoms with Crippen molar-refractivity contribution in [3.05, 3.63) is 0 Å². The first kappa shape index (κ1) is 15.5. The summed E-state index contributed by atoms with van der Waals surface area (Å²) < 4.78 is 0. The second kappa shape index (κ2) is 8.60. The molecule has 0 spiro atoms. The highest BCUT2D eigenvalue weighted by atomic mass is 16.1. The van der Waals surface area contributed by atoms with Crippen LogP contribution >= 0.6 is 0 Å². The molecular weight excluding hydrogens is 198 g/mol. The zero-order chi connectivity index (χ0) is 12.4. The lowest BCUT2D eigenvalue weighted by atomic mass is 9.74. The van der Waals surface area contributed by atoms with E-state index in [9.17, 15) is 4.79 Å². The highest BCUT2D eigenvalue weighted by Crippen LogP contribution is 2.37. The van der Waals surface area contributed by atoms with E-state index in [0.29, 0.717) is 11.8 Å². The molecule has 0 aliphatic heterocycles. The second-order valence-electron chi connectivity index (χ2n) is 4.84. The van der Waals surface area contributed by atoms with E-state index in [2.05, 4.69) is 26.1 Å². The van der Waals surface area contributed by atoms with E-state index in [1.54, 1.807) is 7.05 Å². The summed E-state index contributed by atoms with van der Waals surface area (Å²) in [6.45, 7) is 6.88. The first-order chi connectivity index (χ1) is 7.64. The average Bonchev–Trinajstić information content (AvgIpc) is 2.32. The molecule has 0 atom stereocenters. The Balaban J connectivity index is 3.88. The predicted molar refractivity (Wildman–Crippen MR) is 70.5 cm³/mol. The van der Waals surface area contributed by atoms with Crippen LogP contribution in [-0.4, -0.2) is 13.0 Å². The molecule has 16 heavy (non-hydrogen) atoms. The third-order valence-electron chi connectivity index (χ3n) is 3.92. The van der Waals surface area contributed by atoms with Crippen molar-refractivity contribution in [1.29, 1.82) is 0 Å². The van der Waals surface area contributed by atoms with E-state index in [4.69, 9.17) is 0 Å². The van der Waals surface area contributed by atoms with Crippen molar-refractivity contribution in [2.45, 2.75) is 72.1 Å². The van der Waals surface area contributed by atoms with Crippen molar-refractivity contribution >= 4 is 5.91 Å². The zero-order valence-corrected chi connectivity index (χ0v) is 11.6. The minimum atomic E-state index is 0.175. The lowest BCUT2D eigenvalue weighted by Crippen LogP contribution is -2.20. The molecule has 0 aliphatic carbocycles. The SMILES string of the molecule is CCCC(CC)(CC)CCCCC(=O)NC. The minimum absolute atomic E-state index is 0.175. The molecule has 1 amide bonds. The lowest BCUT2D eigenvalue weighted by molar-refractivity contribution is -0.120. The van der Waals surface area contributed by atoms with Crippen LogP contribution in [0.15, 0.2) is 0 Å². The normalized spacial score (nSPS) is 11.5. The molecule has 0 heterocycles. The van der Waals surface area contributed by atoms with Crippen LogP contribution in [0.3, 0.4) is 0 Å². The molecule has 2 heteroatoms. The van der Waals surface area contributed by atoms with Gasteiger partial charge in [0.15, 0.2) is 0 Å². The number of carbonyl (C=O) groups excluding carboxylic acids is 1. The number of carbonyl (C=O) groups is 1. The standard InChI is InChI=1S/C14H29NO/c1-5-11-14(6-2,7-3)12-9-8-10-13(16)15-4/h5-12H2,1-4H3,(H,15,16). The third kappa shape index (κ3) is 5.53. The molecule has 0 radical (unpaired) electrons. The van der Waals surface area contributed by atoms with E-state index < -0.39 is 0 Å². The second-order valence-corrected chi connectivity index (χ2v) is 4.84. The first-order valence-electron chi connectivity index (χ1n) is 6.84. The summed E-state index contributed by atoms with van der Waals surface area (Å²) in [6.07, 6.45) is 9.35. The van der Waals surface area contributed by atoms with Gasteiger partial charge in [0.25, 0.3) is 0 Å². The Morgan fingerprint density at radius 1 is 1.06 bits per heavy atom. The van der Waals surface area contributed by atoms with Crippen molar-refractivity contribution in [1.82, 2.24) is 5.32 Å². The van der Waals surface area contributed by atoms with Gasteiger partial charge in [0, 0.05) is 13.5 Å². The van der Waals surface area contributed by atoms with Crippen LogP contribution in [0.4, 0.5) is 0 Å². The van der Waals surface area contributed by atoms with Crippen molar-refractivity contribution in [3.8, 4) is 0 Å². The maximum Gasteiger partial charge on any atom is 0.219 e. The maximum atomic E-state index is 11.1. The summed E-state index contributed by atoms with van der Waals surface area (Å²) in [5.41, 5.74) is 0.539. The number of hydrogen-bond acceptors (Lipinski definition) is 1.